The second-order valence-electron chi connectivity index (χ2n) is 5.74. The molecule has 1 aliphatic heterocycles. The van der Waals surface area contributed by atoms with E-state index >= 15 is 0 Å². The summed E-state index contributed by atoms with van der Waals surface area (Å²) in [4.78, 5) is 25.4. The largest absolute Gasteiger partial charge is 0.457 e. The molecular formula is C17H17FN2O3. The number of amides is 2. The molecule has 1 aliphatic carbocycles. The Morgan fingerprint density at radius 1 is 1.52 bits per heavy atom. The van der Waals surface area contributed by atoms with Gasteiger partial charge in [-0.15, -0.1) is 12.3 Å². The zero-order chi connectivity index (χ0) is 16.4. The zero-order valence-electron chi connectivity index (χ0n) is 12.5. The average Bonchev–Trinajstić information content (AvgIpc) is 3.29. The third-order valence-electron chi connectivity index (χ3n) is 4.06. The van der Waals surface area contributed by atoms with Crippen molar-refractivity contribution in [1.82, 2.24) is 5.32 Å². The molecule has 0 spiro atoms. The molecule has 1 aromatic carbocycles. The van der Waals surface area contributed by atoms with Crippen molar-refractivity contribution in [3.8, 4) is 12.3 Å². The minimum Gasteiger partial charge on any atom is -0.457 e. The molecule has 2 amide bonds. The average molecular weight is 316 g/mol. The van der Waals surface area contributed by atoms with Gasteiger partial charge in [0.25, 0.3) is 0 Å². The maximum atomic E-state index is 14.0. The van der Waals surface area contributed by atoms with E-state index in [4.69, 9.17) is 11.2 Å². The molecule has 1 aromatic rings. The van der Waals surface area contributed by atoms with Crippen molar-refractivity contribution in [3.63, 3.8) is 0 Å². The predicted octanol–water partition coefficient (Wildman–Crippen LogP) is 2.31. The molecule has 1 heterocycles. The number of carbonyl (C=O) groups excluding carboxylic acids is 2. The molecule has 5 nitrogen and oxygen atoms in total. The molecule has 120 valence electrons. The van der Waals surface area contributed by atoms with Crippen LogP contribution in [0.2, 0.25) is 0 Å². The molecule has 3 rings (SSSR count). The summed E-state index contributed by atoms with van der Waals surface area (Å²) in [6, 6.07) is 3.73. The first kappa shape index (κ1) is 15.3. The molecule has 6 heteroatoms. The Bertz CT molecular complexity index is 679. The smallest absolute Gasteiger partial charge is 0.341 e. The van der Waals surface area contributed by atoms with E-state index in [1.807, 2.05) is 0 Å². The van der Waals surface area contributed by atoms with Gasteiger partial charge in [-0.25, -0.2) is 14.0 Å². The van der Waals surface area contributed by atoms with Gasteiger partial charge in [0.2, 0.25) is 0 Å². The fourth-order valence-electron chi connectivity index (χ4n) is 2.65. The van der Waals surface area contributed by atoms with Crippen LogP contribution in [0.15, 0.2) is 18.2 Å². The fraction of sp³-hybridized carbons (Fsp3) is 0.412. The van der Waals surface area contributed by atoms with Crippen LogP contribution < -0.4 is 10.2 Å². The van der Waals surface area contributed by atoms with E-state index in [9.17, 15) is 14.0 Å². The maximum absolute atomic E-state index is 14.0. The number of nitrogens with one attached hydrogen (secondary N) is 1. The van der Waals surface area contributed by atoms with Crippen LogP contribution in [0.3, 0.4) is 0 Å². The summed E-state index contributed by atoms with van der Waals surface area (Å²) >= 11 is 0. The molecule has 0 bridgehead atoms. The summed E-state index contributed by atoms with van der Waals surface area (Å²) in [5, 5.41) is 2.66. The Kier molecular flexibility index (Phi) is 4.20. The topological polar surface area (TPSA) is 58.6 Å². The standard InChI is InChI=1S/C17H17FN2O3/c1-2-3-15(11-4-5-11)23-16(21)13-10-12(6-7-14(13)18)20-9-8-19-17(20)22/h1,6-7,10-11,15H,3-5,8-9H2,(H,19,22)/t15-/m1/s1. The van der Waals surface area contributed by atoms with Gasteiger partial charge in [-0.3, -0.25) is 4.90 Å². The number of benzene rings is 1. The van der Waals surface area contributed by atoms with E-state index in [1.54, 1.807) is 0 Å². The molecule has 23 heavy (non-hydrogen) atoms. The lowest BCUT2D eigenvalue weighted by atomic mass is 10.1. The minimum absolute atomic E-state index is 0.176. The number of ether oxygens (including phenoxy) is 1. The van der Waals surface area contributed by atoms with Crippen molar-refractivity contribution >= 4 is 17.7 Å². The van der Waals surface area contributed by atoms with Crippen LogP contribution in [0.25, 0.3) is 0 Å². The number of esters is 1. The van der Waals surface area contributed by atoms with Gasteiger partial charge in [-0.2, -0.15) is 0 Å². The molecular weight excluding hydrogens is 299 g/mol. The van der Waals surface area contributed by atoms with Crippen LogP contribution in [0.4, 0.5) is 14.9 Å². The van der Waals surface area contributed by atoms with E-state index in [0.29, 0.717) is 25.2 Å². The second-order valence-corrected chi connectivity index (χ2v) is 5.74. The number of rotatable bonds is 5. The molecule has 0 aromatic heterocycles. The number of anilines is 1. The first-order valence-corrected chi connectivity index (χ1v) is 7.59. The third-order valence-corrected chi connectivity index (χ3v) is 4.06. The highest BCUT2D eigenvalue weighted by molar-refractivity contribution is 5.96. The first-order chi connectivity index (χ1) is 11.1. The number of urea groups is 1. The number of hydrogen-bond donors (Lipinski definition) is 1. The Hall–Kier alpha value is -2.55. The molecule has 1 N–H and O–H groups in total. The van der Waals surface area contributed by atoms with Crippen molar-refractivity contribution in [2.75, 3.05) is 18.0 Å². The van der Waals surface area contributed by atoms with Crippen molar-refractivity contribution in [2.24, 2.45) is 5.92 Å². The van der Waals surface area contributed by atoms with Crippen LogP contribution in [-0.4, -0.2) is 31.2 Å². The number of nitrogens with zero attached hydrogens (tertiary/aromatic N) is 1. The molecule has 1 saturated heterocycles. The molecule has 0 unspecified atom stereocenters. The molecule has 2 fully saturated rings. The number of hydrogen-bond acceptors (Lipinski definition) is 3. The summed E-state index contributed by atoms with van der Waals surface area (Å²) < 4.78 is 19.4. The highest BCUT2D eigenvalue weighted by Gasteiger charge is 2.34. The maximum Gasteiger partial charge on any atom is 0.341 e. The van der Waals surface area contributed by atoms with Gasteiger partial charge in [0, 0.05) is 25.2 Å². The Morgan fingerprint density at radius 3 is 2.91 bits per heavy atom. The van der Waals surface area contributed by atoms with Crippen molar-refractivity contribution in [3.05, 3.63) is 29.6 Å². The Labute approximate surface area is 133 Å². The van der Waals surface area contributed by atoms with Gasteiger partial charge in [0.05, 0.1) is 5.56 Å². The second kappa shape index (κ2) is 6.29. The third kappa shape index (κ3) is 3.29. The van der Waals surface area contributed by atoms with Gasteiger partial charge in [0.1, 0.15) is 11.9 Å². The SMILES string of the molecule is C#CC[C@@H](OC(=O)c1cc(N2CCNC2=O)ccc1F)C1CC1. The zero-order valence-corrected chi connectivity index (χ0v) is 12.5. The lowest BCUT2D eigenvalue weighted by Gasteiger charge is -2.18. The normalized spacial score (nSPS) is 18.3. The Morgan fingerprint density at radius 2 is 2.30 bits per heavy atom. The monoisotopic (exact) mass is 316 g/mol. The lowest BCUT2D eigenvalue weighted by Crippen LogP contribution is -2.28. The van der Waals surface area contributed by atoms with E-state index in [2.05, 4.69) is 11.2 Å². The van der Waals surface area contributed by atoms with Gasteiger partial charge < -0.3 is 10.1 Å². The summed E-state index contributed by atoms with van der Waals surface area (Å²) in [5.41, 5.74) is 0.290. The number of terminal acetylenes is 1. The summed E-state index contributed by atoms with van der Waals surface area (Å²) in [6.07, 6.45) is 7.19. The van der Waals surface area contributed by atoms with Crippen LogP contribution >= 0.6 is 0 Å². The van der Waals surface area contributed by atoms with Crippen LogP contribution in [0.5, 0.6) is 0 Å². The highest BCUT2D eigenvalue weighted by Crippen LogP contribution is 2.36. The molecule has 0 radical (unpaired) electrons. The highest BCUT2D eigenvalue weighted by atomic mass is 19.1. The predicted molar refractivity (Wildman–Crippen MR) is 82.5 cm³/mol. The Balaban J connectivity index is 1.79. The molecule has 2 aliphatic rings. The number of carbonyl (C=O) groups is 2. The van der Waals surface area contributed by atoms with Crippen molar-refractivity contribution < 1.29 is 18.7 Å². The summed E-state index contributed by atoms with van der Waals surface area (Å²) in [5.74, 6) is 1.35. The quantitative estimate of drug-likeness (QED) is 0.670. The van der Waals surface area contributed by atoms with E-state index in [-0.39, 0.29) is 23.6 Å². The first-order valence-electron chi connectivity index (χ1n) is 7.59. The fourth-order valence-corrected chi connectivity index (χ4v) is 2.65. The van der Waals surface area contributed by atoms with Gasteiger partial charge in [-0.1, -0.05) is 0 Å². The minimum atomic E-state index is -0.740. The van der Waals surface area contributed by atoms with Crippen molar-refractivity contribution in [1.29, 1.82) is 0 Å². The summed E-state index contributed by atoms with van der Waals surface area (Å²) in [7, 11) is 0. The van der Waals surface area contributed by atoms with E-state index in [1.165, 1.54) is 23.1 Å². The van der Waals surface area contributed by atoms with Gasteiger partial charge >= 0.3 is 12.0 Å². The van der Waals surface area contributed by atoms with Gasteiger partial charge in [0.15, 0.2) is 0 Å². The van der Waals surface area contributed by atoms with E-state index in [0.717, 1.165) is 12.8 Å². The van der Waals surface area contributed by atoms with Crippen molar-refractivity contribution in [2.45, 2.75) is 25.4 Å². The number of halogens is 1. The van der Waals surface area contributed by atoms with Crippen LogP contribution in [-0.2, 0) is 4.74 Å². The lowest BCUT2D eigenvalue weighted by molar-refractivity contribution is 0.0256. The van der Waals surface area contributed by atoms with E-state index < -0.39 is 11.8 Å². The van der Waals surface area contributed by atoms with Gasteiger partial charge in [-0.05, 0) is 37.0 Å². The molecule has 1 saturated carbocycles. The summed E-state index contributed by atoms with van der Waals surface area (Å²) in [6.45, 7) is 0.989. The van der Waals surface area contributed by atoms with Crippen LogP contribution in [0.1, 0.15) is 29.6 Å². The molecule has 1 atom stereocenters. The van der Waals surface area contributed by atoms with Crippen LogP contribution in [0, 0.1) is 24.1 Å².